The predicted molar refractivity (Wildman–Crippen MR) is 147 cm³/mol. The lowest BCUT2D eigenvalue weighted by Crippen LogP contribution is -2.62. The van der Waals surface area contributed by atoms with Gasteiger partial charge in [0, 0.05) is 11.0 Å². The van der Waals surface area contributed by atoms with Crippen LogP contribution in [0.4, 0.5) is 0 Å². The van der Waals surface area contributed by atoms with Gasteiger partial charge < -0.3 is 21.1 Å². The zero-order valence-electron chi connectivity index (χ0n) is 22.3. The number of primary amides is 1. The third-order valence-electron chi connectivity index (χ3n) is 7.40. The lowest BCUT2D eigenvalue weighted by atomic mass is 9.46. The number of hydrogen-bond donors (Lipinski definition) is 2. The van der Waals surface area contributed by atoms with E-state index in [-0.39, 0.29) is 5.78 Å². The van der Waals surface area contributed by atoms with Crippen LogP contribution in [0, 0.1) is 16.2 Å². The highest BCUT2D eigenvalue weighted by Gasteiger charge is 2.64. The number of carbonyl (C=O) groups excluding carboxylic acids is 2. The number of Topliss-reactive ketones (excluding diaryl/α,β-unsaturated/α-hetero) is 1. The fourth-order valence-electron chi connectivity index (χ4n) is 5.58. The summed E-state index contributed by atoms with van der Waals surface area (Å²) in [4.78, 5) is 26.7. The molecule has 2 aromatic rings. The Morgan fingerprint density at radius 1 is 0.892 bits per heavy atom. The molecule has 0 saturated heterocycles. The molecule has 0 aromatic heterocycles. The number of rotatable bonds is 12. The first-order chi connectivity index (χ1) is 17.5. The quantitative estimate of drug-likeness (QED) is 0.0775. The van der Waals surface area contributed by atoms with E-state index < -0.39 is 22.2 Å². The Labute approximate surface area is 219 Å². The van der Waals surface area contributed by atoms with Crippen molar-refractivity contribution >= 4 is 17.9 Å². The smallest absolute Gasteiger partial charge is 0.232 e. The van der Waals surface area contributed by atoms with E-state index in [0.29, 0.717) is 30.9 Å². The van der Waals surface area contributed by atoms with E-state index in [1.165, 1.54) is 0 Å². The number of nitrogens with two attached hydrogens (primary N) is 2. The number of carbonyl (C=O) groups is 2. The summed E-state index contributed by atoms with van der Waals surface area (Å²) < 4.78 is 11.6. The largest absolute Gasteiger partial charge is 0.494 e. The Hall–Kier alpha value is -3.61. The molecule has 0 fully saturated rings. The third kappa shape index (κ3) is 5.87. The first-order valence-electron chi connectivity index (χ1n) is 12.8. The van der Waals surface area contributed by atoms with E-state index in [4.69, 9.17) is 21.1 Å². The van der Waals surface area contributed by atoms with E-state index in [2.05, 4.69) is 5.10 Å². The molecule has 1 atom stereocenters. The normalized spacial score (nSPS) is 20.0. The van der Waals surface area contributed by atoms with Gasteiger partial charge in [-0.05, 0) is 85.2 Å². The molecule has 0 saturated carbocycles. The summed E-state index contributed by atoms with van der Waals surface area (Å²) in [7, 11) is 0. The number of unbranched alkanes of at least 4 members (excludes halogenated alkanes) is 2. The van der Waals surface area contributed by atoms with Crippen LogP contribution < -0.4 is 21.1 Å². The van der Waals surface area contributed by atoms with Crippen molar-refractivity contribution in [3.63, 3.8) is 0 Å². The molecular weight excluding hydrogens is 466 g/mol. The van der Waals surface area contributed by atoms with Crippen molar-refractivity contribution in [3.05, 3.63) is 71.8 Å². The van der Waals surface area contributed by atoms with E-state index in [1.54, 1.807) is 30.5 Å². The van der Waals surface area contributed by atoms with Crippen molar-refractivity contribution in [3.8, 4) is 11.5 Å². The van der Waals surface area contributed by atoms with Gasteiger partial charge in [-0.2, -0.15) is 5.10 Å². The lowest BCUT2D eigenvalue weighted by Gasteiger charge is -2.53. The van der Waals surface area contributed by atoms with E-state index in [1.807, 2.05) is 64.1 Å². The fraction of sp³-hybridized carbons (Fsp3) is 0.433. The maximum atomic E-state index is 13.8. The van der Waals surface area contributed by atoms with Crippen LogP contribution in [0.5, 0.6) is 11.5 Å². The van der Waals surface area contributed by atoms with Crippen molar-refractivity contribution in [1.82, 2.24) is 0 Å². The Kier molecular flexibility index (Phi) is 8.79. The molecule has 2 aromatic carbocycles. The molecule has 1 aliphatic rings. The number of benzene rings is 2. The summed E-state index contributed by atoms with van der Waals surface area (Å²) >= 11 is 0. The lowest BCUT2D eigenvalue weighted by molar-refractivity contribution is -0.138. The molecule has 0 spiro atoms. The van der Waals surface area contributed by atoms with Crippen LogP contribution in [-0.2, 0) is 4.79 Å². The highest BCUT2D eigenvalue weighted by molar-refractivity contribution is 6.15. The Bertz CT molecular complexity index is 1130. The summed E-state index contributed by atoms with van der Waals surface area (Å²) in [6, 6.07) is 14.6. The van der Waals surface area contributed by atoms with Crippen molar-refractivity contribution in [2.75, 3.05) is 13.2 Å². The highest BCUT2D eigenvalue weighted by atomic mass is 16.5. The Morgan fingerprint density at radius 2 is 1.43 bits per heavy atom. The molecule has 0 bridgehead atoms. The number of ketones is 1. The van der Waals surface area contributed by atoms with Crippen LogP contribution >= 0.6 is 0 Å². The van der Waals surface area contributed by atoms with Crippen molar-refractivity contribution < 1.29 is 19.1 Å². The zero-order chi connectivity index (χ0) is 27.1. The second-order valence-electron chi connectivity index (χ2n) is 10.8. The fourth-order valence-corrected chi connectivity index (χ4v) is 5.58. The van der Waals surface area contributed by atoms with Crippen LogP contribution in [0.25, 0.3) is 0 Å². The number of nitrogens with zero attached hydrogens (tertiary/aromatic N) is 1. The molecule has 1 amide bonds. The Balaban J connectivity index is 1.50. The van der Waals surface area contributed by atoms with E-state index >= 15 is 0 Å². The minimum absolute atomic E-state index is 0.243. The van der Waals surface area contributed by atoms with Gasteiger partial charge in [-0.1, -0.05) is 39.8 Å². The maximum Gasteiger partial charge on any atom is 0.232 e. The molecule has 4 N–H and O–H groups in total. The number of hydrazone groups is 1. The molecule has 198 valence electrons. The third-order valence-corrected chi connectivity index (χ3v) is 7.40. The zero-order valence-corrected chi connectivity index (χ0v) is 22.3. The summed E-state index contributed by atoms with van der Waals surface area (Å²) in [6.45, 7) is 8.89. The molecule has 7 nitrogen and oxygen atoms in total. The number of allylic oxidation sites excluding steroid dienone is 2. The second kappa shape index (κ2) is 11.6. The van der Waals surface area contributed by atoms with Gasteiger partial charge in [-0.15, -0.1) is 0 Å². The van der Waals surface area contributed by atoms with Crippen LogP contribution in [0.1, 0.15) is 69.3 Å². The molecule has 1 unspecified atom stereocenters. The van der Waals surface area contributed by atoms with Crippen LogP contribution in [0.2, 0.25) is 0 Å². The molecule has 0 aliphatic heterocycles. The maximum absolute atomic E-state index is 13.8. The van der Waals surface area contributed by atoms with Gasteiger partial charge in [-0.3, -0.25) is 9.59 Å². The molecule has 1 aliphatic carbocycles. The average Bonchev–Trinajstić information content (AvgIpc) is 2.84. The van der Waals surface area contributed by atoms with Gasteiger partial charge >= 0.3 is 0 Å². The monoisotopic (exact) mass is 505 g/mol. The summed E-state index contributed by atoms with van der Waals surface area (Å²) in [5, 5.41) is 3.50. The summed E-state index contributed by atoms with van der Waals surface area (Å²) in [6.07, 6.45) is 8.93. The van der Waals surface area contributed by atoms with Crippen molar-refractivity contribution in [1.29, 1.82) is 0 Å². The number of amides is 1. The van der Waals surface area contributed by atoms with E-state index in [0.717, 1.165) is 30.6 Å². The summed E-state index contributed by atoms with van der Waals surface area (Å²) in [5.41, 5.74) is 4.67. The molecule has 7 heteroatoms. The SMILES string of the molecule is CC1(C)C=CCC(C)(C)C1(C(N)=O)C(=O)c1ccc(OCCCCCOc2ccc(C=NN)cc2)cc1. The first kappa shape index (κ1) is 28.0. The topological polar surface area (TPSA) is 117 Å². The summed E-state index contributed by atoms with van der Waals surface area (Å²) in [5.74, 6) is 5.82. The second-order valence-corrected chi connectivity index (χ2v) is 10.8. The molecule has 3 rings (SSSR count). The molecule has 0 radical (unpaired) electrons. The highest BCUT2D eigenvalue weighted by Crippen LogP contribution is 2.58. The van der Waals surface area contributed by atoms with Crippen LogP contribution in [-0.4, -0.2) is 31.1 Å². The van der Waals surface area contributed by atoms with Crippen LogP contribution in [0.3, 0.4) is 0 Å². The van der Waals surface area contributed by atoms with Crippen molar-refractivity contribution in [2.45, 2.75) is 53.4 Å². The molecule has 37 heavy (non-hydrogen) atoms. The predicted octanol–water partition coefficient (Wildman–Crippen LogP) is 5.27. The van der Waals surface area contributed by atoms with Crippen molar-refractivity contribution in [2.24, 2.45) is 32.9 Å². The van der Waals surface area contributed by atoms with Gasteiger partial charge in [-0.25, -0.2) is 0 Å². The number of ether oxygens (including phenoxy) is 2. The van der Waals surface area contributed by atoms with Gasteiger partial charge in [0.15, 0.2) is 5.78 Å². The average molecular weight is 506 g/mol. The Morgan fingerprint density at radius 3 is 1.92 bits per heavy atom. The van der Waals surface area contributed by atoms with E-state index in [9.17, 15) is 9.59 Å². The van der Waals surface area contributed by atoms with Gasteiger partial charge in [0.2, 0.25) is 5.91 Å². The van der Waals surface area contributed by atoms with Gasteiger partial charge in [0.25, 0.3) is 0 Å². The van der Waals surface area contributed by atoms with Gasteiger partial charge in [0.1, 0.15) is 16.9 Å². The molecular formula is C30H39N3O4. The van der Waals surface area contributed by atoms with Gasteiger partial charge in [0.05, 0.1) is 19.4 Å². The molecule has 0 heterocycles. The minimum atomic E-state index is -1.35. The standard InChI is InChI=1S/C30H39N3O4/c1-28(2)17-8-18-29(3,4)30(28,27(31)35)26(34)23-11-15-25(16-12-23)37-20-7-5-6-19-36-24-13-9-22(10-14-24)21-33-32/h8-17,21H,5-7,18-20,32H2,1-4H3,(H2,31,35). The minimum Gasteiger partial charge on any atom is -0.494 e. The number of hydrogen-bond acceptors (Lipinski definition) is 6. The first-order valence-corrected chi connectivity index (χ1v) is 12.8. The van der Waals surface area contributed by atoms with Crippen LogP contribution in [0.15, 0.2) is 65.8 Å².